The molecular formula is C45H40N2. The first-order valence-corrected chi connectivity index (χ1v) is 16.5. The minimum Gasteiger partial charge on any atom is -0.398 e. The van der Waals surface area contributed by atoms with E-state index in [9.17, 15) is 0 Å². The van der Waals surface area contributed by atoms with Crippen molar-refractivity contribution in [2.75, 3.05) is 5.73 Å². The van der Waals surface area contributed by atoms with Crippen LogP contribution in [0.3, 0.4) is 0 Å². The van der Waals surface area contributed by atoms with Gasteiger partial charge in [-0.1, -0.05) is 117 Å². The summed E-state index contributed by atoms with van der Waals surface area (Å²) >= 11 is 0. The molecule has 0 fully saturated rings. The summed E-state index contributed by atoms with van der Waals surface area (Å²) in [6.45, 7) is 10.6. The van der Waals surface area contributed by atoms with Crippen LogP contribution >= 0.6 is 0 Å². The second kappa shape index (κ2) is 12.7. The molecule has 0 amide bonds. The van der Waals surface area contributed by atoms with Crippen molar-refractivity contribution >= 4 is 49.8 Å². The summed E-state index contributed by atoms with van der Waals surface area (Å²) in [4.78, 5) is 0. The molecule has 2 N–H and O–H groups in total. The Bertz CT molecular complexity index is 2300. The average molecular weight is 609 g/mol. The zero-order valence-corrected chi connectivity index (χ0v) is 27.4. The lowest BCUT2D eigenvalue weighted by Crippen LogP contribution is -1.99. The van der Waals surface area contributed by atoms with Crippen LogP contribution in [0.1, 0.15) is 60.6 Å². The monoisotopic (exact) mass is 608 g/mol. The Morgan fingerprint density at radius 2 is 1.57 bits per heavy atom. The SMILES string of the molecule is C=C/C=C(\C=C(/C)c1ccccc1N)c1ccc2c(c1)c1ccccc1n2-c1ccc2c(c1)Cc1ccccc1C(C)=C2/C=C\CC. The van der Waals surface area contributed by atoms with Gasteiger partial charge in [0.2, 0.25) is 0 Å². The molecule has 0 bridgehead atoms. The number of para-hydroxylation sites is 2. The van der Waals surface area contributed by atoms with Gasteiger partial charge in [-0.2, -0.15) is 0 Å². The van der Waals surface area contributed by atoms with Crippen molar-refractivity contribution in [2.24, 2.45) is 0 Å². The number of anilines is 1. The van der Waals surface area contributed by atoms with Crippen LogP contribution in [0, 0.1) is 0 Å². The predicted octanol–water partition coefficient (Wildman–Crippen LogP) is 11.8. The van der Waals surface area contributed by atoms with Gasteiger partial charge in [-0.25, -0.2) is 0 Å². The van der Waals surface area contributed by atoms with E-state index in [-0.39, 0.29) is 0 Å². The highest BCUT2D eigenvalue weighted by Crippen LogP contribution is 2.39. The molecule has 2 nitrogen and oxygen atoms in total. The molecule has 5 aromatic carbocycles. The average Bonchev–Trinajstić information content (AvgIpc) is 3.36. The van der Waals surface area contributed by atoms with E-state index in [4.69, 9.17) is 5.73 Å². The van der Waals surface area contributed by atoms with Crippen molar-refractivity contribution in [2.45, 2.75) is 33.6 Å². The van der Waals surface area contributed by atoms with E-state index in [0.717, 1.165) is 40.8 Å². The predicted molar refractivity (Wildman–Crippen MR) is 205 cm³/mol. The molecule has 1 aliphatic rings. The highest BCUT2D eigenvalue weighted by atomic mass is 15.0. The van der Waals surface area contributed by atoms with Gasteiger partial charge >= 0.3 is 0 Å². The highest BCUT2D eigenvalue weighted by molar-refractivity contribution is 6.10. The van der Waals surface area contributed by atoms with Crippen LogP contribution in [-0.4, -0.2) is 4.57 Å². The minimum atomic E-state index is 0.779. The summed E-state index contributed by atoms with van der Waals surface area (Å²) in [5.41, 5.74) is 23.1. The zero-order valence-electron chi connectivity index (χ0n) is 27.4. The van der Waals surface area contributed by atoms with Crippen molar-refractivity contribution in [3.8, 4) is 5.69 Å². The lowest BCUT2D eigenvalue weighted by molar-refractivity contribution is 1.13. The molecule has 0 saturated carbocycles. The van der Waals surface area contributed by atoms with Crippen molar-refractivity contribution < 1.29 is 0 Å². The first-order chi connectivity index (χ1) is 23.0. The summed E-state index contributed by atoms with van der Waals surface area (Å²) in [7, 11) is 0. The Hall–Kier alpha value is -5.60. The third-order valence-corrected chi connectivity index (χ3v) is 9.42. The Morgan fingerprint density at radius 3 is 2.40 bits per heavy atom. The number of nitrogen functional groups attached to an aromatic ring is 1. The van der Waals surface area contributed by atoms with Crippen LogP contribution in [-0.2, 0) is 6.42 Å². The molecule has 1 aliphatic carbocycles. The molecule has 0 radical (unpaired) electrons. The Labute approximate surface area is 278 Å². The molecule has 0 unspecified atom stereocenters. The number of aromatic nitrogens is 1. The minimum absolute atomic E-state index is 0.779. The maximum absolute atomic E-state index is 6.33. The number of nitrogens with zero attached hydrogens (tertiary/aromatic N) is 1. The van der Waals surface area contributed by atoms with Gasteiger partial charge in [0.15, 0.2) is 0 Å². The van der Waals surface area contributed by atoms with Gasteiger partial charge in [-0.05, 0) is 113 Å². The normalized spacial score (nSPS) is 13.7. The number of nitrogens with two attached hydrogens (primary N) is 1. The van der Waals surface area contributed by atoms with Crippen LogP contribution in [0.4, 0.5) is 5.69 Å². The fourth-order valence-electron chi connectivity index (χ4n) is 7.12. The van der Waals surface area contributed by atoms with E-state index in [0.29, 0.717) is 0 Å². The van der Waals surface area contributed by atoms with E-state index < -0.39 is 0 Å². The molecule has 1 aromatic heterocycles. The third-order valence-electron chi connectivity index (χ3n) is 9.42. The summed E-state index contributed by atoms with van der Waals surface area (Å²) in [5, 5.41) is 2.46. The van der Waals surface area contributed by atoms with Crippen molar-refractivity contribution in [3.05, 3.63) is 180 Å². The van der Waals surface area contributed by atoms with Crippen LogP contribution in [0.5, 0.6) is 0 Å². The van der Waals surface area contributed by atoms with Gasteiger partial charge in [0.1, 0.15) is 0 Å². The molecule has 230 valence electrons. The Balaban J connectivity index is 1.39. The van der Waals surface area contributed by atoms with E-state index >= 15 is 0 Å². The number of hydrogen-bond donors (Lipinski definition) is 1. The molecule has 6 aromatic rings. The topological polar surface area (TPSA) is 30.9 Å². The molecule has 47 heavy (non-hydrogen) atoms. The third kappa shape index (κ3) is 5.47. The van der Waals surface area contributed by atoms with Crippen molar-refractivity contribution in [1.82, 2.24) is 4.57 Å². The smallest absolute Gasteiger partial charge is 0.0541 e. The highest BCUT2D eigenvalue weighted by Gasteiger charge is 2.20. The molecule has 1 heterocycles. The zero-order chi connectivity index (χ0) is 32.5. The van der Waals surface area contributed by atoms with Crippen LogP contribution < -0.4 is 5.73 Å². The molecule has 0 atom stereocenters. The quantitative estimate of drug-likeness (QED) is 0.142. The van der Waals surface area contributed by atoms with Gasteiger partial charge in [-0.3, -0.25) is 0 Å². The van der Waals surface area contributed by atoms with Crippen molar-refractivity contribution in [1.29, 1.82) is 0 Å². The summed E-state index contributed by atoms with van der Waals surface area (Å²) < 4.78 is 2.42. The first-order valence-electron chi connectivity index (χ1n) is 16.5. The Kier molecular flexibility index (Phi) is 8.10. The van der Waals surface area contributed by atoms with Gasteiger partial charge in [-0.15, -0.1) is 0 Å². The molecule has 0 saturated heterocycles. The molecule has 2 heteroatoms. The number of fused-ring (bicyclic) bond motifs is 5. The van der Waals surface area contributed by atoms with E-state index in [1.807, 2.05) is 24.3 Å². The fraction of sp³-hybridized carbons (Fsp3) is 0.111. The number of rotatable bonds is 7. The van der Waals surface area contributed by atoms with Crippen molar-refractivity contribution in [3.63, 3.8) is 0 Å². The standard InChI is InChI=1S/C45H40N2/c1-5-7-16-39-31(4)38-18-9-8-15-34(38)27-35-28-36(23-24-40(35)39)47-44-21-13-11-19-41(44)42-29-33(22-25-45(42)47)32(14-6-2)26-30(3)37-17-10-12-20-43(37)46/h6-26,28-29H,2,5,27,46H2,1,3-4H3/b16-7-,30-26+,32-14+. The second-order valence-electron chi connectivity index (χ2n) is 12.4. The van der Waals surface area contributed by atoms with E-state index in [2.05, 4.69) is 147 Å². The number of hydrogen-bond acceptors (Lipinski definition) is 1. The van der Waals surface area contributed by atoms with Gasteiger partial charge < -0.3 is 10.3 Å². The Morgan fingerprint density at radius 1 is 0.809 bits per heavy atom. The molecule has 7 rings (SSSR count). The lowest BCUT2D eigenvalue weighted by atomic mass is 9.94. The number of allylic oxidation sites excluding steroid dienone is 9. The maximum atomic E-state index is 6.33. The van der Waals surface area contributed by atoms with Crippen LogP contribution in [0.2, 0.25) is 0 Å². The molecule has 0 aliphatic heterocycles. The van der Waals surface area contributed by atoms with E-state index in [1.165, 1.54) is 60.9 Å². The molecule has 0 spiro atoms. The maximum Gasteiger partial charge on any atom is 0.0541 e. The van der Waals surface area contributed by atoms with Crippen LogP contribution in [0.25, 0.3) is 49.8 Å². The van der Waals surface area contributed by atoms with E-state index in [1.54, 1.807) is 0 Å². The molecular weight excluding hydrogens is 569 g/mol. The summed E-state index contributed by atoms with van der Waals surface area (Å²) in [5.74, 6) is 0. The fourth-order valence-corrected chi connectivity index (χ4v) is 7.12. The summed E-state index contributed by atoms with van der Waals surface area (Å²) in [6, 6.07) is 39.5. The largest absolute Gasteiger partial charge is 0.398 e. The van der Waals surface area contributed by atoms with Gasteiger partial charge in [0.25, 0.3) is 0 Å². The lowest BCUT2D eigenvalue weighted by Gasteiger charge is -2.14. The summed E-state index contributed by atoms with van der Waals surface area (Å²) in [6.07, 6.45) is 12.6. The van der Waals surface area contributed by atoms with Gasteiger partial charge in [0.05, 0.1) is 11.0 Å². The second-order valence-corrected chi connectivity index (χ2v) is 12.4. The number of benzene rings is 5. The van der Waals surface area contributed by atoms with Crippen LogP contribution in [0.15, 0.2) is 146 Å². The van der Waals surface area contributed by atoms with Gasteiger partial charge in [0, 0.05) is 27.7 Å². The first kappa shape index (κ1) is 30.1.